The largest absolute Gasteiger partial charge is 0.495 e. The van der Waals surface area contributed by atoms with Crippen LogP contribution in [0.5, 0.6) is 5.75 Å². The Morgan fingerprint density at radius 2 is 2.21 bits per heavy atom. The lowest BCUT2D eigenvalue weighted by Gasteiger charge is -2.09. The second-order valence-corrected chi connectivity index (χ2v) is 2.36. The van der Waals surface area contributed by atoms with E-state index in [0.717, 1.165) is 13.3 Å². The van der Waals surface area contributed by atoms with Gasteiger partial charge in [0.2, 0.25) is 5.95 Å². The number of aromatic nitrogens is 1. The quantitative estimate of drug-likeness (QED) is 0.559. The Hall–Kier alpha value is -1.59. The molecule has 0 aliphatic carbocycles. The zero-order valence-corrected chi connectivity index (χ0v) is 7.13. The maximum absolute atomic E-state index is 12.8. The van der Waals surface area contributed by atoms with Gasteiger partial charge in [-0.1, -0.05) is 0 Å². The highest BCUT2D eigenvalue weighted by atomic mass is 19.3. The fourth-order valence-corrected chi connectivity index (χ4v) is 0.998. The van der Waals surface area contributed by atoms with Crippen LogP contribution in [0.15, 0.2) is 6.20 Å². The number of ether oxygens (including phenoxy) is 1. The molecule has 0 fully saturated rings. The first-order valence-electron chi connectivity index (χ1n) is 3.57. The van der Waals surface area contributed by atoms with Crippen molar-refractivity contribution in [1.29, 1.82) is 0 Å². The van der Waals surface area contributed by atoms with Gasteiger partial charge >= 0.3 is 0 Å². The molecule has 0 aliphatic heterocycles. The van der Waals surface area contributed by atoms with Crippen LogP contribution in [0.4, 0.5) is 13.2 Å². The molecule has 0 amide bonds. The first-order valence-corrected chi connectivity index (χ1v) is 3.57. The van der Waals surface area contributed by atoms with Gasteiger partial charge in [0.25, 0.3) is 6.43 Å². The monoisotopic (exact) mass is 205 g/mol. The normalized spacial score (nSPS) is 10.4. The first-order chi connectivity index (χ1) is 6.61. The van der Waals surface area contributed by atoms with E-state index < -0.39 is 23.5 Å². The summed E-state index contributed by atoms with van der Waals surface area (Å²) in [5.74, 6) is -1.53. The number of alkyl halides is 2. The maximum atomic E-state index is 12.8. The van der Waals surface area contributed by atoms with Gasteiger partial charge < -0.3 is 4.74 Å². The summed E-state index contributed by atoms with van der Waals surface area (Å²) in [6.07, 6.45) is -2.18. The van der Waals surface area contributed by atoms with Gasteiger partial charge in [-0.25, -0.2) is 13.8 Å². The van der Waals surface area contributed by atoms with Crippen LogP contribution in [0, 0.1) is 5.95 Å². The van der Waals surface area contributed by atoms with E-state index in [2.05, 4.69) is 9.72 Å². The van der Waals surface area contributed by atoms with Crippen molar-refractivity contribution in [3.63, 3.8) is 0 Å². The number of methoxy groups -OCH3 is 1. The van der Waals surface area contributed by atoms with Crippen molar-refractivity contribution < 1.29 is 22.7 Å². The molecule has 76 valence electrons. The van der Waals surface area contributed by atoms with Crippen molar-refractivity contribution in [1.82, 2.24) is 4.98 Å². The van der Waals surface area contributed by atoms with Crippen molar-refractivity contribution in [3.05, 3.63) is 23.3 Å². The minimum absolute atomic E-state index is 0.00759. The van der Waals surface area contributed by atoms with Gasteiger partial charge in [0.05, 0.1) is 24.4 Å². The fraction of sp³-hybridized carbons (Fsp3) is 0.250. The van der Waals surface area contributed by atoms with E-state index in [9.17, 15) is 18.0 Å². The fourth-order valence-electron chi connectivity index (χ4n) is 0.998. The molecule has 0 atom stereocenters. The van der Waals surface area contributed by atoms with E-state index in [0.29, 0.717) is 0 Å². The van der Waals surface area contributed by atoms with Crippen LogP contribution in [0.1, 0.15) is 22.3 Å². The first kappa shape index (κ1) is 10.5. The zero-order chi connectivity index (χ0) is 10.7. The molecular weight excluding hydrogens is 199 g/mol. The molecule has 6 heteroatoms. The van der Waals surface area contributed by atoms with Crippen LogP contribution in [-0.4, -0.2) is 18.4 Å². The predicted molar refractivity (Wildman–Crippen MR) is 41.1 cm³/mol. The van der Waals surface area contributed by atoms with Crippen LogP contribution in [-0.2, 0) is 0 Å². The van der Waals surface area contributed by atoms with Crippen LogP contribution < -0.4 is 4.74 Å². The van der Waals surface area contributed by atoms with Gasteiger partial charge in [-0.05, 0) is 0 Å². The van der Waals surface area contributed by atoms with E-state index in [1.54, 1.807) is 0 Å². The van der Waals surface area contributed by atoms with Crippen LogP contribution >= 0.6 is 0 Å². The molecule has 0 unspecified atom stereocenters. The molecule has 1 aromatic rings. The van der Waals surface area contributed by atoms with Crippen LogP contribution in [0.3, 0.4) is 0 Å². The maximum Gasteiger partial charge on any atom is 0.268 e. The summed E-state index contributed by atoms with van der Waals surface area (Å²) in [7, 11) is 1.13. The standard InChI is InChI=1S/C8H6F3NO2/c1-14-5-2-12-8(11)4(3-13)6(5)7(9)10/h2-3,7H,1H3. The molecule has 0 radical (unpaired) electrons. The van der Waals surface area contributed by atoms with E-state index in [1.165, 1.54) is 0 Å². The van der Waals surface area contributed by atoms with Gasteiger partial charge in [-0.2, -0.15) is 4.39 Å². The van der Waals surface area contributed by atoms with Gasteiger partial charge in [0.15, 0.2) is 6.29 Å². The molecule has 0 saturated heterocycles. The SMILES string of the molecule is COc1cnc(F)c(C=O)c1C(F)F. The number of carbonyl (C=O) groups excluding carboxylic acids is 1. The van der Waals surface area contributed by atoms with Crippen LogP contribution in [0.25, 0.3) is 0 Å². The van der Waals surface area contributed by atoms with Gasteiger partial charge in [-0.15, -0.1) is 0 Å². The number of rotatable bonds is 3. The molecular formula is C8H6F3NO2. The van der Waals surface area contributed by atoms with Crippen molar-refractivity contribution in [2.75, 3.05) is 7.11 Å². The lowest BCUT2D eigenvalue weighted by molar-refractivity contribution is 0.109. The summed E-state index contributed by atoms with van der Waals surface area (Å²) in [5.41, 5.74) is -1.53. The molecule has 0 saturated carbocycles. The summed E-state index contributed by atoms with van der Waals surface area (Å²) >= 11 is 0. The molecule has 14 heavy (non-hydrogen) atoms. The van der Waals surface area contributed by atoms with E-state index >= 15 is 0 Å². The van der Waals surface area contributed by atoms with Gasteiger partial charge in [0.1, 0.15) is 5.75 Å². The minimum Gasteiger partial charge on any atom is -0.495 e. The van der Waals surface area contributed by atoms with E-state index in [1.807, 2.05) is 0 Å². The Labute approximate surface area is 77.5 Å². The average molecular weight is 205 g/mol. The van der Waals surface area contributed by atoms with E-state index in [-0.39, 0.29) is 12.0 Å². The smallest absolute Gasteiger partial charge is 0.268 e. The zero-order valence-electron chi connectivity index (χ0n) is 7.13. The number of hydrogen-bond acceptors (Lipinski definition) is 3. The highest BCUT2D eigenvalue weighted by molar-refractivity contribution is 5.78. The Bertz CT molecular complexity index is 355. The molecule has 0 bridgehead atoms. The number of hydrogen-bond donors (Lipinski definition) is 0. The Morgan fingerprint density at radius 1 is 1.57 bits per heavy atom. The van der Waals surface area contributed by atoms with Gasteiger partial charge in [-0.3, -0.25) is 4.79 Å². The number of carbonyl (C=O) groups is 1. The third kappa shape index (κ3) is 1.68. The second kappa shape index (κ2) is 4.08. The van der Waals surface area contributed by atoms with Gasteiger partial charge in [0, 0.05) is 0 Å². The summed E-state index contributed by atoms with van der Waals surface area (Å²) in [5, 5.41) is 0. The van der Waals surface area contributed by atoms with Crippen molar-refractivity contribution >= 4 is 6.29 Å². The number of aldehydes is 1. The third-order valence-corrected chi connectivity index (χ3v) is 1.63. The molecule has 1 heterocycles. The lowest BCUT2D eigenvalue weighted by Crippen LogP contribution is -2.03. The predicted octanol–water partition coefficient (Wildman–Crippen LogP) is 1.98. The van der Waals surface area contributed by atoms with Crippen LogP contribution in [0.2, 0.25) is 0 Å². The molecule has 0 N–H and O–H groups in total. The van der Waals surface area contributed by atoms with Crippen molar-refractivity contribution in [2.24, 2.45) is 0 Å². The molecule has 0 aromatic carbocycles. The molecule has 1 rings (SSSR count). The Kier molecular flexibility index (Phi) is 3.06. The molecule has 1 aromatic heterocycles. The Morgan fingerprint density at radius 3 is 2.64 bits per heavy atom. The molecule has 3 nitrogen and oxygen atoms in total. The lowest BCUT2D eigenvalue weighted by atomic mass is 10.1. The number of pyridine rings is 1. The highest BCUT2D eigenvalue weighted by Crippen LogP contribution is 2.31. The second-order valence-electron chi connectivity index (χ2n) is 2.36. The molecule has 0 aliphatic rings. The van der Waals surface area contributed by atoms with Crippen molar-refractivity contribution in [3.8, 4) is 5.75 Å². The van der Waals surface area contributed by atoms with Crippen molar-refractivity contribution in [2.45, 2.75) is 6.43 Å². The summed E-state index contributed by atoms with van der Waals surface area (Å²) in [6, 6.07) is 0. The summed E-state index contributed by atoms with van der Waals surface area (Å²) in [6.45, 7) is 0. The summed E-state index contributed by atoms with van der Waals surface area (Å²) in [4.78, 5) is 13.5. The topological polar surface area (TPSA) is 39.2 Å². The Balaban J connectivity index is 3.43. The van der Waals surface area contributed by atoms with E-state index in [4.69, 9.17) is 0 Å². The number of halogens is 3. The average Bonchev–Trinajstić information content (AvgIpc) is 2.17. The molecule has 0 spiro atoms. The third-order valence-electron chi connectivity index (χ3n) is 1.63. The minimum atomic E-state index is -2.98. The number of nitrogens with zero attached hydrogens (tertiary/aromatic N) is 1. The highest BCUT2D eigenvalue weighted by Gasteiger charge is 2.22. The summed E-state index contributed by atoms with van der Waals surface area (Å²) < 4.78 is 42.1.